The molecule has 2 aromatic carbocycles. The van der Waals surface area contributed by atoms with Crippen LogP contribution in [0.15, 0.2) is 54.6 Å². The quantitative estimate of drug-likeness (QED) is 0.599. The van der Waals surface area contributed by atoms with E-state index in [9.17, 15) is 0 Å². The van der Waals surface area contributed by atoms with Gasteiger partial charge in [0.05, 0.1) is 7.11 Å². The summed E-state index contributed by atoms with van der Waals surface area (Å²) in [6.45, 7) is 6.90. The van der Waals surface area contributed by atoms with E-state index >= 15 is 0 Å². The van der Waals surface area contributed by atoms with Crippen molar-refractivity contribution < 1.29 is 4.74 Å². The number of para-hydroxylation sites is 1. The molecule has 0 bridgehead atoms. The zero-order valence-corrected chi connectivity index (χ0v) is 16.3. The standard InChI is InChI=1S/C22H26N4O/c1-15(2)17-9-11-19(12-10-17)26-22-13-21(24-16(3)25-22)23-14-18-7-5-6-8-20(18)27-4/h5-13,15H,14H2,1-4H3,(H2,23,24,25,26). The van der Waals surface area contributed by atoms with Gasteiger partial charge in [0.2, 0.25) is 0 Å². The van der Waals surface area contributed by atoms with Crippen LogP contribution in [0.1, 0.15) is 36.7 Å². The van der Waals surface area contributed by atoms with Crippen molar-refractivity contribution in [2.75, 3.05) is 17.7 Å². The van der Waals surface area contributed by atoms with Gasteiger partial charge in [0.15, 0.2) is 0 Å². The number of benzene rings is 2. The van der Waals surface area contributed by atoms with E-state index in [0.717, 1.165) is 28.6 Å². The molecule has 0 atom stereocenters. The molecular weight excluding hydrogens is 336 g/mol. The van der Waals surface area contributed by atoms with Crippen LogP contribution in [0, 0.1) is 6.92 Å². The number of rotatable bonds is 7. The molecule has 0 spiro atoms. The van der Waals surface area contributed by atoms with Gasteiger partial charge in [-0.2, -0.15) is 0 Å². The molecule has 140 valence electrons. The Bertz CT molecular complexity index is 891. The van der Waals surface area contributed by atoms with Crippen LogP contribution in [0.3, 0.4) is 0 Å². The summed E-state index contributed by atoms with van der Waals surface area (Å²) in [6, 6.07) is 18.3. The molecule has 3 aromatic rings. The Morgan fingerprint density at radius 2 is 1.67 bits per heavy atom. The highest BCUT2D eigenvalue weighted by Crippen LogP contribution is 2.22. The van der Waals surface area contributed by atoms with Crippen molar-refractivity contribution in [1.29, 1.82) is 0 Å². The lowest BCUT2D eigenvalue weighted by Crippen LogP contribution is -2.06. The minimum absolute atomic E-state index is 0.520. The Kier molecular flexibility index (Phi) is 5.91. The Morgan fingerprint density at radius 1 is 0.963 bits per heavy atom. The van der Waals surface area contributed by atoms with E-state index in [1.165, 1.54) is 5.56 Å². The SMILES string of the molecule is COc1ccccc1CNc1cc(Nc2ccc(C(C)C)cc2)nc(C)n1. The molecule has 0 fully saturated rings. The van der Waals surface area contributed by atoms with Gasteiger partial charge in [-0.1, -0.05) is 44.2 Å². The molecule has 5 heteroatoms. The molecule has 0 aliphatic carbocycles. The lowest BCUT2D eigenvalue weighted by atomic mass is 10.0. The van der Waals surface area contributed by atoms with E-state index in [1.54, 1.807) is 7.11 Å². The molecule has 0 unspecified atom stereocenters. The van der Waals surface area contributed by atoms with Gasteiger partial charge in [-0.3, -0.25) is 0 Å². The Hall–Kier alpha value is -3.08. The van der Waals surface area contributed by atoms with Crippen LogP contribution in [-0.4, -0.2) is 17.1 Å². The van der Waals surface area contributed by atoms with Crippen molar-refractivity contribution in [2.24, 2.45) is 0 Å². The Balaban J connectivity index is 1.72. The molecule has 0 radical (unpaired) electrons. The number of aromatic nitrogens is 2. The average Bonchev–Trinajstić information content (AvgIpc) is 2.66. The highest BCUT2D eigenvalue weighted by molar-refractivity contribution is 5.59. The van der Waals surface area contributed by atoms with Gasteiger partial charge in [-0.05, 0) is 36.6 Å². The van der Waals surface area contributed by atoms with Crippen molar-refractivity contribution in [1.82, 2.24) is 9.97 Å². The molecule has 3 rings (SSSR count). The van der Waals surface area contributed by atoms with Gasteiger partial charge in [0, 0.05) is 23.9 Å². The fraction of sp³-hybridized carbons (Fsp3) is 0.273. The molecule has 0 aliphatic rings. The molecule has 5 nitrogen and oxygen atoms in total. The lowest BCUT2D eigenvalue weighted by Gasteiger charge is -2.12. The smallest absolute Gasteiger partial charge is 0.136 e. The van der Waals surface area contributed by atoms with Crippen LogP contribution in [-0.2, 0) is 6.54 Å². The van der Waals surface area contributed by atoms with Crippen LogP contribution < -0.4 is 15.4 Å². The van der Waals surface area contributed by atoms with Crippen LogP contribution in [0.25, 0.3) is 0 Å². The van der Waals surface area contributed by atoms with Crippen LogP contribution >= 0.6 is 0 Å². The maximum atomic E-state index is 5.40. The van der Waals surface area contributed by atoms with E-state index in [-0.39, 0.29) is 0 Å². The number of hydrogen-bond acceptors (Lipinski definition) is 5. The molecule has 1 heterocycles. The predicted octanol–water partition coefficient (Wildman–Crippen LogP) is 5.27. The first-order valence-electron chi connectivity index (χ1n) is 9.13. The largest absolute Gasteiger partial charge is 0.496 e. The summed E-state index contributed by atoms with van der Waals surface area (Å²) in [7, 11) is 1.68. The molecular formula is C22H26N4O. The van der Waals surface area contributed by atoms with E-state index in [2.05, 4.69) is 58.7 Å². The monoisotopic (exact) mass is 362 g/mol. The van der Waals surface area contributed by atoms with Gasteiger partial charge in [0.1, 0.15) is 23.2 Å². The number of hydrogen-bond donors (Lipinski definition) is 2. The second kappa shape index (κ2) is 8.54. The van der Waals surface area contributed by atoms with Gasteiger partial charge < -0.3 is 15.4 Å². The highest BCUT2D eigenvalue weighted by atomic mass is 16.5. The van der Waals surface area contributed by atoms with Crippen molar-refractivity contribution in [3.8, 4) is 5.75 Å². The number of ether oxygens (including phenoxy) is 1. The number of nitrogens with one attached hydrogen (secondary N) is 2. The number of methoxy groups -OCH3 is 1. The fourth-order valence-corrected chi connectivity index (χ4v) is 2.86. The highest BCUT2D eigenvalue weighted by Gasteiger charge is 2.06. The van der Waals surface area contributed by atoms with Crippen LogP contribution in [0.4, 0.5) is 17.3 Å². The van der Waals surface area contributed by atoms with Crippen molar-refractivity contribution in [3.63, 3.8) is 0 Å². The minimum Gasteiger partial charge on any atom is -0.496 e. The third-order valence-corrected chi connectivity index (χ3v) is 4.34. The van der Waals surface area contributed by atoms with Crippen molar-refractivity contribution in [3.05, 3.63) is 71.5 Å². The van der Waals surface area contributed by atoms with Gasteiger partial charge in [0.25, 0.3) is 0 Å². The topological polar surface area (TPSA) is 59.1 Å². The number of anilines is 3. The lowest BCUT2D eigenvalue weighted by molar-refractivity contribution is 0.410. The summed E-state index contributed by atoms with van der Waals surface area (Å²) in [6.07, 6.45) is 0. The number of nitrogens with zero attached hydrogens (tertiary/aromatic N) is 2. The van der Waals surface area contributed by atoms with Crippen molar-refractivity contribution >= 4 is 17.3 Å². The second-order valence-electron chi connectivity index (χ2n) is 6.75. The zero-order chi connectivity index (χ0) is 19.2. The second-order valence-corrected chi connectivity index (χ2v) is 6.75. The normalized spacial score (nSPS) is 10.7. The minimum atomic E-state index is 0.520. The molecule has 2 N–H and O–H groups in total. The first-order chi connectivity index (χ1) is 13.0. The zero-order valence-electron chi connectivity index (χ0n) is 16.3. The molecule has 0 saturated carbocycles. The van der Waals surface area contributed by atoms with Crippen LogP contribution in [0.5, 0.6) is 5.75 Å². The first kappa shape index (κ1) is 18.7. The van der Waals surface area contributed by atoms with E-state index in [1.807, 2.05) is 37.3 Å². The average molecular weight is 362 g/mol. The van der Waals surface area contributed by atoms with E-state index in [4.69, 9.17) is 4.74 Å². The summed E-state index contributed by atoms with van der Waals surface area (Å²) in [5.41, 5.74) is 3.40. The maximum Gasteiger partial charge on any atom is 0.136 e. The van der Waals surface area contributed by atoms with Crippen LogP contribution in [0.2, 0.25) is 0 Å². The van der Waals surface area contributed by atoms with Gasteiger partial charge >= 0.3 is 0 Å². The molecule has 1 aromatic heterocycles. The third-order valence-electron chi connectivity index (χ3n) is 4.34. The molecule has 0 aliphatic heterocycles. The number of aryl methyl sites for hydroxylation is 1. The Morgan fingerprint density at radius 3 is 2.37 bits per heavy atom. The third kappa shape index (κ3) is 4.97. The first-order valence-corrected chi connectivity index (χ1v) is 9.13. The molecule has 27 heavy (non-hydrogen) atoms. The van der Waals surface area contributed by atoms with Gasteiger partial charge in [-0.25, -0.2) is 9.97 Å². The molecule has 0 saturated heterocycles. The summed E-state index contributed by atoms with van der Waals surface area (Å²) in [4.78, 5) is 8.97. The summed E-state index contributed by atoms with van der Waals surface area (Å²) < 4.78 is 5.40. The summed E-state index contributed by atoms with van der Waals surface area (Å²) >= 11 is 0. The summed E-state index contributed by atoms with van der Waals surface area (Å²) in [5, 5.41) is 6.71. The predicted molar refractivity (Wildman–Crippen MR) is 111 cm³/mol. The van der Waals surface area contributed by atoms with Gasteiger partial charge in [-0.15, -0.1) is 0 Å². The summed E-state index contributed by atoms with van der Waals surface area (Å²) in [5.74, 6) is 3.63. The Labute approximate surface area is 160 Å². The fourth-order valence-electron chi connectivity index (χ4n) is 2.86. The van der Waals surface area contributed by atoms with E-state index in [0.29, 0.717) is 18.3 Å². The van der Waals surface area contributed by atoms with E-state index < -0.39 is 0 Å². The van der Waals surface area contributed by atoms with Crippen molar-refractivity contribution in [2.45, 2.75) is 33.2 Å². The molecule has 0 amide bonds. The maximum absolute atomic E-state index is 5.40.